The fourth-order valence-corrected chi connectivity index (χ4v) is 3.64. The highest BCUT2D eigenvalue weighted by Crippen LogP contribution is 2.27. The van der Waals surface area contributed by atoms with Crippen molar-refractivity contribution < 1.29 is 18.7 Å². The molecule has 1 atom stereocenters. The molecule has 2 amide bonds. The van der Waals surface area contributed by atoms with Gasteiger partial charge in [-0.1, -0.05) is 29.5 Å². The van der Waals surface area contributed by atoms with Gasteiger partial charge >= 0.3 is 0 Å². The summed E-state index contributed by atoms with van der Waals surface area (Å²) in [6.45, 7) is 0.483. The van der Waals surface area contributed by atoms with Gasteiger partial charge in [-0.25, -0.2) is 4.39 Å². The van der Waals surface area contributed by atoms with Crippen molar-refractivity contribution in [2.24, 2.45) is 5.92 Å². The van der Waals surface area contributed by atoms with Crippen LogP contribution in [0.1, 0.15) is 11.4 Å². The highest BCUT2D eigenvalue weighted by atomic mass is 32.1. The first-order valence-electron chi connectivity index (χ1n) is 8.95. The summed E-state index contributed by atoms with van der Waals surface area (Å²) in [6, 6.07) is 15.0. The first kappa shape index (κ1) is 19.0. The topological polar surface area (TPSA) is 84.4 Å². The predicted octanol–water partition coefficient (Wildman–Crippen LogP) is 3.25. The highest BCUT2D eigenvalue weighted by molar-refractivity contribution is 7.15. The van der Waals surface area contributed by atoms with E-state index in [1.54, 1.807) is 0 Å². The minimum atomic E-state index is -0.513. The Morgan fingerprint density at radius 2 is 1.93 bits per heavy atom. The zero-order valence-corrected chi connectivity index (χ0v) is 16.1. The molecule has 4 rings (SSSR count). The summed E-state index contributed by atoms with van der Waals surface area (Å²) in [6.07, 6.45) is 0.0893. The Bertz CT molecular complexity index is 1010. The van der Waals surface area contributed by atoms with Crippen molar-refractivity contribution in [2.75, 3.05) is 16.8 Å². The van der Waals surface area contributed by atoms with Crippen LogP contribution in [0.5, 0.6) is 5.75 Å². The smallest absolute Gasteiger partial charge is 0.231 e. The molecule has 9 heteroatoms. The van der Waals surface area contributed by atoms with E-state index in [4.69, 9.17) is 4.74 Å². The number of para-hydroxylation sites is 1. The number of carbonyl (C=O) groups is 2. The van der Waals surface area contributed by atoms with E-state index < -0.39 is 5.92 Å². The van der Waals surface area contributed by atoms with Crippen LogP contribution in [0, 0.1) is 11.7 Å². The van der Waals surface area contributed by atoms with E-state index in [1.165, 1.54) is 40.5 Å². The second-order valence-corrected chi connectivity index (χ2v) is 7.54. The van der Waals surface area contributed by atoms with E-state index in [0.717, 1.165) is 5.75 Å². The van der Waals surface area contributed by atoms with Crippen molar-refractivity contribution in [1.82, 2.24) is 10.2 Å². The van der Waals surface area contributed by atoms with Gasteiger partial charge in [-0.05, 0) is 36.4 Å². The SMILES string of the molecule is O=C(Nc1nnc(COc2ccccc2)s1)[C@@H]1CC(=O)N(c2ccc(F)cc2)C1. The molecule has 0 bridgehead atoms. The van der Waals surface area contributed by atoms with E-state index >= 15 is 0 Å². The second kappa shape index (κ2) is 8.36. The summed E-state index contributed by atoms with van der Waals surface area (Å²) in [5, 5.41) is 11.7. The van der Waals surface area contributed by atoms with Crippen molar-refractivity contribution in [2.45, 2.75) is 13.0 Å². The average Bonchev–Trinajstić information content (AvgIpc) is 3.34. The molecule has 0 unspecified atom stereocenters. The molecular weight excluding hydrogens is 395 g/mol. The number of hydrogen-bond acceptors (Lipinski definition) is 6. The molecule has 1 aliphatic heterocycles. The lowest BCUT2D eigenvalue weighted by Gasteiger charge is -2.16. The molecule has 1 aromatic heterocycles. The third-order valence-electron chi connectivity index (χ3n) is 4.44. The third kappa shape index (κ3) is 4.57. The van der Waals surface area contributed by atoms with Gasteiger partial charge in [-0.3, -0.25) is 9.59 Å². The number of benzene rings is 2. The number of nitrogens with zero attached hydrogens (tertiary/aromatic N) is 3. The predicted molar refractivity (Wildman–Crippen MR) is 106 cm³/mol. The maximum Gasteiger partial charge on any atom is 0.231 e. The van der Waals surface area contributed by atoms with Crippen molar-refractivity contribution in [3.8, 4) is 5.75 Å². The quantitative estimate of drug-likeness (QED) is 0.672. The Morgan fingerprint density at radius 1 is 1.17 bits per heavy atom. The molecule has 0 spiro atoms. The van der Waals surface area contributed by atoms with Crippen LogP contribution in [0.4, 0.5) is 15.2 Å². The Labute approximate surface area is 170 Å². The molecule has 29 heavy (non-hydrogen) atoms. The molecule has 1 N–H and O–H groups in total. The summed E-state index contributed by atoms with van der Waals surface area (Å²) in [5.74, 6) is -0.641. The number of anilines is 2. The average molecular weight is 412 g/mol. The van der Waals surface area contributed by atoms with Crippen LogP contribution < -0.4 is 15.0 Å². The number of aromatic nitrogens is 2. The Morgan fingerprint density at radius 3 is 2.69 bits per heavy atom. The van der Waals surface area contributed by atoms with Crippen molar-refractivity contribution in [3.05, 3.63) is 65.4 Å². The Kier molecular flexibility index (Phi) is 5.48. The summed E-state index contributed by atoms with van der Waals surface area (Å²) >= 11 is 1.22. The number of hydrogen-bond donors (Lipinski definition) is 1. The lowest BCUT2D eigenvalue weighted by Crippen LogP contribution is -2.28. The first-order valence-corrected chi connectivity index (χ1v) is 9.77. The van der Waals surface area contributed by atoms with Crippen LogP contribution >= 0.6 is 11.3 Å². The molecule has 7 nitrogen and oxygen atoms in total. The van der Waals surface area contributed by atoms with Gasteiger partial charge < -0.3 is 15.0 Å². The van der Waals surface area contributed by atoms with Gasteiger partial charge in [0.15, 0.2) is 5.01 Å². The van der Waals surface area contributed by atoms with Gasteiger partial charge in [0.25, 0.3) is 0 Å². The van der Waals surface area contributed by atoms with Gasteiger partial charge in [0.1, 0.15) is 18.2 Å². The molecule has 0 saturated carbocycles. The fourth-order valence-electron chi connectivity index (χ4n) is 2.99. The van der Waals surface area contributed by atoms with Crippen LogP contribution in [-0.2, 0) is 16.2 Å². The molecule has 0 aliphatic carbocycles. The minimum absolute atomic E-state index is 0.0893. The summed E-state index contributed by atoms with van der Waals surface area (Å²) in [5.41, 5.74) is 0.572. The van der Waals surface area contributed by atoms with E-state index in [0.29, 0.717) is 15.8 Å². The van der Waals surface area contributed by atoms with Crippen LogP contribution in [-0.4, -0.2) is 28.6 Å². The molecule has 1 aliphatic rings. The largest absolute Gasteiger partial charge is 0.486 e. The molecule has 0 radical (unpaired) electrons. The van der Waals surface area contributed by atoms with Crippen molar-refractivity contribution >= 4 is 34.0 Å². The molecule has 2 heterocycles. The number of halogens is 1. The van der Waals surface area contributed by atoms with E-state index in [1.807, 2.05) is 30.3 Å². The Balaban J connectivity index is 1.33. The summed E-state index contributed by atoms with van der Waals surface area (Å²) in [7, 11) is 0. The molecule has 1 fully saturated rings. The lowest BCUT2D eigenvalue weighted by molar-refractivity contribution is -0.122. The molecule has 148 valence electrons. The highest BCUT2D eigenvalue weighted by Gasteiger charge is 2.35. The Hall–Kier alpha value is -3.33. The van der Waals surface area contributed by atoms with Gasteiger partial charge in [-0.15, -0.1) is 10.2 Å². The van der Waals surface area contributed by atoms with E-state index in [-0.39, 0.29) is 37.2 Å². The van der Waals surface area contributed by atoms with Crippen molar-refractivity contribution in [1.29, 1.82) is 0 Å². The maximum atomic E-state index is 13.1. The molecule has 3 aromatic rings. The number of rotatable bonds is 6. The van der Waals surface area contributed by atoms with Gasteiger partial charge in [0.2, 0.25) is 16.9 Å². The zero-order chi connectivity index (χ0) is 20.2. The van der Waals surface area contributed by atoms with Gasteiger partial charge in [0, 0.05) is 18.7 Å². The van der Waals surface area contributed by atoms with Crippen LogP contribution in [0.2, 0.25) is 0 Å². The molecule has 2 aromatic carbocycles. The minimum Gasteiger partial charge on any atom is -0.486 e. The number of ether oxygens (including phenoxy) is 1. The van der Waals surface area contributed by atoms with Crippen LogP contribution in [0.3, 0.4) is 0 Å². The second-order valence-electron chi connectivity index (χ2n) is 6.47. The van der Waals surface area contributed by atoms with Crippen LogP contribution in [0.15, 0.2) is 54.6 Å². The molecule has 1 saturated heterocycles. The summed E-state index contributed by atoms with van der Waals surface area (Å²) in [4.78, 5) is 26.3. The standard InChI is InChI=1S/C20H17FN4O3S/c21-14-6-8-15(9-7-14)25-11-13(10-18(25)26)19(27)22-20-24-23-17(29-20)12-28-16-4-2-1-3-5-16/h1-9,13H,10-12H2,(H,22,24,27)/t13-/m1/s1. The number of amides is 2. The summed E-state index contributed by atoms with van der Waals surface area (Å²) < 4.78 is 18.7. The maximum absolute atomic E-state index is 13.1. The zero-order valence-electron chi connectivity index (χ0n) is 15.2. The monoisotopic (exact) mass is 412 g/mol. The third-order valence-corrected chi connectivity index (χ3v) is 5.25. The fraction of sp³-hybridized carbons (Fsp3) is 0.200. The number of carbonyl (C=O) groups excluding carboxylic acids is 2. The van der Waals surface area contributed by atoms with E-state index in [9.17, 15) is 14.0 Å². The van der Waals surface area contributed by atoms with Crippen molar-refractivity contribution in [3.63, 3.8) is 0 Å². The lowest BCUT2D eigenvalue weighted by atomic mass is 10.1. The first-order chi connectivity index (χ1) is 14.1. The number of nitrogens with one attached hydrogen (secondary N) is 1. The van der Waals surface area contributed by atoms with Gasteiger partial charge in [0.05, 0.1) is 5.92 Å². The van der Waals surface area contributed by atoms with E-state index in [2.05, 4.69) is 15.5 Å². The normalized spacial score (nSPS) is 16.1. The van der Waals surface area contributed by atoms with Gasteiger partial charge in [-0.2, -0.15) is 0 Å². The molecular formula is C20H17FN4O3S. The van der Waals surface area contributed by atoms with Crippen LogP contribution in [0.25, 0.3) is 0 Å².